The Morgan fingerprint density at radius 3 is 2.70 bits per heavy atom. The van der Waals surface area contributed by atoms with Crippen molar-refractivity contribution in [2.24, 2.45) is 0 Å². The molecule has 0 aliphatic rings. The molecule has 0 aliphatic carbocycles. The van der Waals surface area contributed by atoms with E-state index in [1.165, 1.54) is 17.8 Å². The lowest BCUT2D eigenvalue weighted by Crippen LogP contribution is -2.25. The van der Waals surface area contributed by atoms with Gasteiger partial charge >= 0.3 is 0 Å². The predicted octanol–water partition coefficient (Wildman–Crippen LogP) is 4.00. The summed E-state index contributed by atoms with van der Waals surface area (Å²) in [5.74, 6) is -0.109. The van der Waals surface area contributed by atoms with Gasteiger partial charge in [0.1, 0.15) is 5.82 Å². The van der Waals surface area contributed by atoms with Crippen LogP contribution in [0.1, 0.15) is 5.56 Å². The zero-order valence-corrected chi connectivity index (χ0v) is 13.0. The zero-order valence-electron chi connectivity index (χ0n) is 10.6. The highest BCUT2D eigenvalue weighted by Crippen LogP contribution is 2.17. The van der Waals surface area contributed by atoms with Gasteiger partial charge in [0.25, 0.3) is 0 Å². The second-order valence-corrected chi connectivity index (χ2v) is 6.08. The highest BCUT2D eigenvalue weighted by Gasteiger charge is 2.06. The lowest BCUT2D eigenvalue weighted by Gasteiger charge is -2.07. The van der Waals surface area contributed by atoms with E-state index in [4.69, 9.17) is 0 Å². The van der Waals surface area contributed by atoms with Gasteiger partial charge in [-0.05, 0) is 30.3 Å². The number of hydrogen-bond donors (Lipinski definition) is 1. The third kappa shape index (κ3) is 4.65. The van der Waals surface area contributed by atoms with E-state index in [1.54, 1.807) is 12.1 Å². The summed E-state index contributed by atoms with van der Waals surface area (Å²) in [5, 5.41) is 2.72. The second-order valence-electron chi connectivity index (χ2n) is 4.11. The highest BCUT2D eigenvalue weighted by molar-refractivity contribution is 9.10. The second kappa shape index (κ2) is 7.45. The third-order valence-corrected chi connectivity index (χ3v) is 4.10. The molecule has 2 aromatic rings. The summed E-state index contributed by atoms with van der Waals surface area (Å²) < 4.78 is 14.3. The molecule has 0 aliphatic heterocycles. The summed E-state index contributed by atoms with van der Waals surface area (Å²) in [7, 11) is 0. The minimum atomic E-state index is -0.316. The smallest absolute Gasteiger partial charge is 0.230 e. The molecule has 0 saturated carbocycles. The molecule has 1 amide bonds. The van der Waals surface area contributed by atoms with Crippen LogP contribution in [0.5, 0.6) is 0 Å². The molecular weight excluding hydrogens is 341 g/mol. The number of benzene rings is 2. The molecule has 0 heterocycles. The SMILES string of the molecule is O=C(CSc1ccccc1)NCc1cc(Br)ccc1F. The maximum atomic E-state index is 13.5. The number of halogens is 2. The van der Waals surface area contributed by atoms with Crippen LogP contribution in [0.25, 0.3) is 0 Å². The normalized spacial score (nSPS) is 10.3. The largest absolute Gasteiger partial charge is 0.351 e. The topological polar surface area (TPSA) is 29.1 Å². The molecule has 2 rings (SSSR count). The standard InChI is InChI=1S/C15H13BrFNOS/c16-12-6-7-14(17)11(8-12)9-18-15(19)10-20-13-4-2-1-3-5-13/h1-8H,9-10H2,(H,18,19). The van der Waals surface area contributed by atoms with Gasteiger partial charge in [0, 0.05) is 21.5 Å². The maximum Gasteiger partial charge on any atom is 0.230 e. The number of thioether (sulfide) groups is 1. The summed E-state index contributed by atoms with van der Waals surface area (Å²) in [6.07, 6.45) is 0. The fourth-order valence-corrected chi connectivity index (χ4v) is 2.75. The quantitative estimate of drug-likeness (QED) is 0.823. The van der Waals surface area contributed by atoms with E-state index in [0.29, 0.717) is 11.3 Å². The maximum absolute atomic E-state index is 13.5. The van der Waals surface area contributed by atoms with Crippen LogP contribution in [0.3, 0.4) is 0 Å². The van der Waals surface area contributed by atoms with Gasteiger partial charge in [-0.15, -0.1) is 11.8 Å². The number of rotatable bonds is 5. The number of amides is 1. The molecule has 1 N–H and O–H groups in total. The van der Waals surface area contributed by atoms with Gasteiger partial charge in [-0.25, -0.2) is 4.39 Å². The van der Waals surface area contributed by atoms with Crippen molar-refractivity contribution in [2.45, 2.75) is 11.4 Å². The minimum Gasteiger partial charge on any atom is -0.351 e. The average Bonchev–Trinajstić information content (AvgIpc) is 2.47. The van der Waals surface area contributed by atoms with Gasteiger partial charge in [0.05, 0.1) is 5.75 Å². The lowest BCUT2D eigenvalue weighted by atomic mass is 10.2. The zero-order chi connectivity index (χ0) is 14.4. The van der Waals surface area contributed by atoms with Crippen molar-refractivity contribution >= 4 is 33.6 Å². The summed E-state index contributed by atoms with van der Waals surface area (Å²) in [4.78, 5) is 12.8. The molecule has 0 atom stereocenters. The van der Waals surface area contributed by atoms with Crippen LogP contribution in [0.2, 0.25) is 0 Å². The molecule has 2 nitrogen and oxygen atoms in total. The summed E-state index contributed by atoms with van der Waals surface area (Å²) in [6, 6.07) is 14.4. The fourth-order valence-electron chi connectivity index (χ4n) is 1.59. The molecule has 0 aromatic heterocycles. The number of carbonyl (C=O) groups excluding carboxylic acids is 1. The molecule has 0 radical (unpaired) electrons. The van der Waals surface area contributed by atoms with Gasteiger partial charge in [-0.1, -0.05) is 34.1 Å². The van der Waals surface area contributed by atoms with E-state index in [9.17, 15) is 9.18 Å². The van der Waals surface area contributed by atoms with E-state index in [1.807, 2.05) is 30.3 Å². The van der Waals surface area contributed by atoms with Crippen molar-refractivity contribution in [2.75, 3.05) is 5.75 Å². The Morgan fingerprint density at radius 2 is 1.95 bits per heavy atom. The van der Waals surface area contributed by atoms with Crippen molar-refractivity contribution in [3.8, 4) is 0 Å². The molecule has 2 aromatic carbocycles. The highest BCUT2D eigenvalue weighted by atomic mass is 79.9. The van der Waals surface area contributed by atoms with Crippen LogP contribution in [0, 0.1) is 5.82 Å². The first-order valence-corrected chi connectivity index (χ1v) is 7.81. The Hall–Kier alpha value is -1.33. The number of nitrogens with one attached hydrogen (secondary N) is 1. The van der Waals surface area contributed by atoms with E-state index in [-0.39, 0.29) is 18.3 Å². The Balaban J connectivity index is 1.82. The van der Waals surface area contributed by atoms with Crippen LogP contribution in [0.4, 0.5) is 4.39 Å². The van der Waals surface area contributed by atoms with Crippen LogP contribution >= 0.6 is 27.7 Å². The van der Waals surface area contributed by atoms with Gasteiger partial charge in [0.15, 0.2) is 0 Å². The van der Waals surface area contributed by atoms with E-state index in [0.717, 1.165) is 9.37 Å². The molecule has 104 valence electrons. The van der Waals surface area contributed by atoms with E-state index in [2.05, 4.69) is 21.2 Å². The third-order valence-electron chi connectivity index (χ3n) is 2.60. The van der Waals surface area contributed by atoms with Crippen molar-refractivity contribution in [3.63, 3.8) is 0 Å². The first kappa shape index (κ1) is 15.1. The fraction of sp³-hybridized carbons (Fsp3) is 0.133. The van der Waals surface area contributed by atoms with Crippen LogP contribution in [-0.4, -0.2) is 11.7 Å². The molecule has 0 saturated heterocycles. The Morgan fingerprint density at radius 1 is 1.20 bits per heavy atom. The lowest BCUT2D eigenvalue weighted by molar-refractivity contribution is -0.118. The number of hydrogen-bond acceptors (Lipinski definition) is 2. The van der Waals surface area contributed by atoms with Crippen LogP contribution in [0.15, 0.2) is 57.9 Å². The van der Waals surface area contributed by atoms with Crippen molar-refractivity contribution in [1.82, 2.24) is 5.32 Å². The molecular formula is C15H13BrFNOS. The molecule has 5 heteroatoms. The Kier molecular flexibility index (Phi) is 5.61. The summed E-state index contributed by atoms with van der Waals surface area (Å²) >= 11 is 4.74. The minimum absolute atomic E-state index is 0.113. The molecule has 0 spiro atoms. The Labute approximate surface area is 129 Å². The summed E-state index contributed by atoms with van der Waals surface area (Å²) in [6.45, 7) is 0.194. The van der Waals surface area contributed by atoms with Gasteiger partial charge in [0.2, 0.25) is 5.91 Å². The summed E-state index contributed by atoms with van der Waals surface area (Å²) in [5.41, 5.74) is 0.470. The van der Waals surface area contributed by atoms with Gasteiger partial charge < -0.3 is 5.32 Å². The predicted molar refractivity (Wildman–Crippen MR) is 83.1 cm³/mol. The van der Waals surface area contributed by atoms with Gasteiger partial charge in [-0.2, -0.15) is 0 Å². The molecule has 0 fully saturated rings. The number of carbonyl (C=O) groups is 1. The van der Waals surface area contributed by atoms with E-state index < -0.39 is 0 Å². The van der Waals surface area contributed by atoms with Crippen LogP contribution in [-0.2, 0) is 11.3 Å². The first-order chi connectivity index (χ1) is 9.65. The van der Waals surface area contributed by atoms with Crippen molar-refractivity contribution < 1.29 is 9.18 Å². The van der Waals surface area contributed by atoms with Crippen molar-refractivity contribution in [3.05, 3.63) is 64.4 Å². The average molecular weight is 354 g/mol. The van der Waals surface area contributed by atoms with Gasteiger partial charge in [-0.3, -0.25) is 4.79 Å². The monoisotopic (exact) mass is 353 g/mol. The van der Waals surface area contributed by atoms with Crippen molar-refractivity contribution in [1.29, 1.82) is 0 Å². The molecule has 0 unspecified atom stereocenters. The van der Waals surface area contributed by atoms with E-state index >= 15 is 0 Å². The molecule has 20 heavy (non-hydrogen) atoms. The first-order valence-electron chi connectivity index (χ1n) is 6.03. The molecule has 0 bridgehead atoms. The van der Waals surface area contributed by atoms with Crippen LogP contribution < -0.4 is 5.32 Å². The Bertz CT molecular complexity index is 592.